The fourth-order valence-electron chi connectivity index (χ4n) is 5.06. The molecule has 7 heteroatoms. The third-order valence-electron chi connectivity index (χ3n) is 7.36. The molecule has 1 saturated heterocycles. The van der Waals surface area contributed by atoms with Gasteiger partial charge in [-0.2, -0.15) is 0 Å². The van der Waals surface area contributed by atoms with Crippen LogP contribution in [0.5, 0.6) is 11.5 Å². The van der Waals surface area contributed by atoms with Crippen LogP contribution >= 0.6 is 0 Å². The fraction of sp³-hybridized carbons (Fsp3) is 0.303. The molecule has 1 aliphatic rings. The molecule has 5 rings (SSSR count). The van der Waals surface area contributed by atoms with Crippen LogP contribution in [0.4, 0.5) is 4.79 Å². The van der Waals surface area contributed by atoms with E-state index in [2.05, 4.69) is 30.3 Å². The van der Waals surface area contributed by atoms with Gasteiger partial charge in [-0.1, -0.05) is 66.7 Å². The molecule has 4 aromatic rings. The van der Waals surface area contributed by atoms with E-state index >= 15 is 0 Å². The summed E-state index contributed by atoms with van der Waals surface area (Å²) in [7, 11) is 1.65. The standard InChI is InChI=1S/C33H35NO6/c1-37-30(22-38-28-9-3-2-4-10-28)23-39-29-15-13-26(14-16-29)31-17-18-34(33(35)36)20-32(31)40-21-24-11-12-25-7-5-6-8-27(25)19-24/h2-16,19,30-32H,17-18,20-23H2,1H3,(H,35,36). The zero-order chi connectivity index (χ0) is 27.7. The first-order valence-electron chi connectivity index (χ1n) is 13.6. The van der Waals surface area contributed by atoms with Crippen LogP contribution in [0.3, 0.4) is 0 Å². The Morgan fingerprint density at radius 3 is 2.25 bits per heavy atom. The van der Waals surface area contributed by atoms with E-state index in [1.165, 1.54) is 10.3 Å². The third kappa shape index (κ3) is 7.11. The van der Waals surface area contributed by atoms with Gasteiger partial charge in [0.2, 0.25) is 0 Å². The van der Waals surface area contributed by atoms with Gasteiger partial charge < -0.3 is 29.0 Å². The summed E-state index contributed by atoms with van der Waals surface area (Å²) in [5.41, 5.74) is 2.18. The fourth-order valence-corrected chi connectivity index (χ4v) is 5.06. The molecule has 0 bridgehead atoms. The lowest BCUT2D eigenvalue weighted by Crippen LogP contribution is -2.46. The quantitative estimate of drug-likeness (QED) is 0.238. The monoisotopic (exact) mass is 541 g/mol. The largest absolute Gasteiger partial charge is 0.491 e. The van der Waals surface area contributed by atoms with Gasteiger partial charge in [-0.15, -0.1) is 0 Å². The second kappa shape index (κ2) is 13.3. The van der Waals surface area contributed by atoms with Crippen molar-refractivity contribution >= 4 is 16.9 Å². The zero-order valence-electron chi connectivity index (χ0n) is 22.6. The molecule has 0 aliphatic carbocycles. The number of carboxylic acid groups (broad SMARTS) is 1. The van der Waals surface area contributed by atoms with E-state index in [0.29, 0.717) is 39.3 Å². The van der Waals surface area contributed by atoms with Crippen LogP contribution in [-0.4, -0.2) is 61.7 Å². The van der Waals surface area contributed by atoms with Crippen molar-refractivity contribution in [3.05, 3.63) is 108 Å². The second-order valence-electron chi connectivity index (χ2n) is 10.0. The number of rotatable bonds is 11. The molecule has 3 atom stereocenters. The Labute approximate surface area is 234 Å². The number of para-hydroxylation sites is 1. The maximum atomic E-state index is 11.7. The molecule has 1 fully saturated rings. The van der Waals surface area contributed by atoms with Crippen molar-refractivity contribution in [3.63, 3.8) is 0 Å². The van der Waals surface area contributed by atoms with Crippen LogP contribution in [0.15, 0.2) is 97.1 Å². The predicted molar refractivity (Wildman–Crippen MR) is 154 cm³/mol. The van der Waals surface area contributed by atoms with E-state index < -0.39 is 6.09 Å². The van der Waals surface area contributed by atoms with Gasteiger partial charge in [-0.3, -0.25) is 0 Å². The Balaban J connectivity index is 1.20. The number of amides is 1. The minimum absolute atomic E-state index is 0.0797. The summed E-state index contributed by atoms with van der Waals surface area (Å²) in [6.45, 7) is 1.98. The normalized spacial score (nSPS) is 17.9. The molecule has 1 heterocycles. The lowest BCUT2D eigenvalue weighted by molar-refractivity contribution is -0.0199. The molecule has 0 saturated carbocycles. The first-order valence-corrected chi connectivity index (χ1v) is 13.6. The van der Waals surface area contributed by atoms with Gasteiger partial charge in [0.15, 0.2) is 0 Å². The molecule has 7 nitrogen and oxygen atoms in total. The maximum Gasteiger partial charge on any atom is 0.407 e. The van der Waals surface area contributed by atoms with E-state index in [-0.39, 0.29) is 18.1 Å². The van der Waals surface area contributed by atoms with Crippen molar-refractivity contribution in [2.75, 3.05) is 33.4 Å². The number of nitrogens with zero attached hydrogens (tertiary/aromatic N) is 1. The van der Waals surface area contributed by atoms with E-state index in [9.17, 15) is 9.90 Å². The minimum Gasteiger partial charge on any atom is -0.491 e. The number of piperidine rings is 1. The van der Waals surface area contributed by atoms with Gasteiger partial charge in [0.05, 0.1) is 19.3 Å². The third-order valence-corrected chi connectivity index (χ3v) is 7.36. The number of ether oxygens (including phenoxy) is 4. The first-order chi connectivity index (χ1) is 19.6. The van der Waals surface area contributed by atoms with Crippen molar-refractivity contribution in [3.8, 4) is 11.5 Å². The van der Waals surface area contributed by atoms with Crippen LogP contribution in [0.1, 0.15) is 23.5 Å². The van der Waals surface area contributed by atoms with Gasteiger partial charge in [-0.25, -0.2) is 4.79 Å². The Kier molecular flexibility index (Phi) is 9.16. The molecule has 1 amide bonds. The smallest absolute Gasteiger partial charge is 0.407 e. The van der Waals surface area contributed by atoms with Crippen LogP contribution in [0.2, 0.25) is 0 Å². The highest BCUT2D eigenvalue weighted by Gasteiger charge is 2.33. The molecule has 0 aromatic heterocycles. The average Bonchev–Trinajstić information content (AvgIpc) is 3.00. The van der Waals surface area contributed by atoms with E-state index in [1.54, 1.807) is 7.11 Å². The molecular weight excluding hydrogens is 506 g/mol. The molecule has 208 valence electrons. The Bertz CT molecular complexity index is 1380. The number of hydrogen-bond acceptors (Lipinski definition) is 5. The van der Waals surface area contributed by atoms with Gasteiger partial charge in [0.25, 0.3) is 0 Å². The highest BCUT2D eigenvalue weighted by molar-refractivity contribution is 5.82. The molecule has 3 unspecified atom stereocenters. The minimum atomic E-state index is -0.912. The van der Waals surface area contributed by atoms with Crippen molar-refractivity contribution in [2.24, 2.45) is 0 Å². The summed E-state index contributed by atoms with van der Waals surface area (Å²) in [5, 5.41) is 12.0. The molecule has 1 N–H and O–H groups in total. The second-order valence-corrected chi connectivity index (χ2v) is 10.0. The highest BCUT2D eigenvalue weighted by atomic mass is 16.6. The summed E-state index contributed by atoms with van der Waals surface area (Å²) in [6.07, 6.45) is -0.688. The molecule has 0 radical (unpaired) electrons. The summed E-state index contributed by atoms with van der Waals surface area (Å²) in [4.78, 5) is 13.2. The van der Waals surface area contributed by atoms with Crippen LogP contribution in [0, 0.1) is 0 Å². The van der Waals surface area contributed by atoms with Crippen molar-refractivity contribution < 1.29 is 28.8 Å². The highest BCUT2D eigenvalue weighted by Crippen LogP contribution is 2.32. The van der Waals surface area contributed by atoms with E-state index in [4.69, 9.17) is 18.9 Å². The molecule has 1 aliphatic heterocycles. The number of carbonyl (C=O) groups is 1. The van der Waals surface area contributed by atoms with Gasteiger partial charge in [0.1, 0.15) is 30.8 Å². The first kappa shape index (κ1) is 27.5. The molecular formula is C33H35NO6. The summed E-state index contributed by atoms with van der Waals surface area (Å²) in [5.74, 6) is 1.61. The van der Waals surface area contributed by atoms with Crippen LogP contribution in [0.25, 0.3) is 10.8 Å². The topological polar surface area (TPSA) is 77.5 Å². The Morgan fingerprint density at radius 2 is 1.55 bits per heavy atom. The van der Waals surface area contributed by atoms with E-state index in [1.807, 2.05) is 66.7 Å². The zero-order valence-corrected chi connectivity index (χ0v) is 22.6. The number of fused-ring (bicyclic) bond motifs is 1. The average molecular weight is 542 g/mol. The number of likely N-dealkylation sites (tertiary alicyclic amines) is 1. The Morgan fingerprint density at radius 1 is 0.875 bits per heavy atom. The van der Waals surface area contributed by atoms with E-state index in [0.717, 1.165) is 28.0 Å². The number of methoxy groups -OCH3 is 1. The SMILES string of the molecule is COC(COc1ccccc1)COc1ccc(C2CCN(C(=O)O)CC2OCc2ccc3ccccc3c2)cc1. The predicted octanol–water partition coefficient (Wildman–Crippen LogP) is 6.37. The van der Waals surface area contributed by atoms with Crippen LogP contribution in [-0.2, 0) is 16.1 Å². The molecule has 0 spiro atoms. The summed E-state index contributed by atoms with van der Waals surface area (Å²) >= 11 is 0. The summed E-state index contributed by atoms with van der Waals surface area (Å²) in [6, 6.07) is 32.1. The van der Waals surface area contributed by atoms with Gasteiger partial charge >= 0.3 is 6.09 Å². The van der Waals surface area contributed by atoms with Gasteiger partial charge in [-0.05, 0) is 58.7 Å². The van der Waals surface area contributed by atoms with Crippen molar-refractivity contribution in [1.82, 2.24) is 4.90 Å². The van der Waals surface area contributed by atoms with Crippen LogP contribution < -0.4 is 9.47 Å². The molecule has 4 aromatic carbocycles. The van der Waals surface area contributed by atoms with Crippen molar-refractivity contribution in [2.45, 2.75) is 31.2 Å². The molecule has 40 heavy (non-hydrogen) atoms. The summed E-state index contributed by atoms with van der Waals surface area (Å²) < 4.78 is 23.7. The maximum absolute atomic E-state index is 11.7. The number of benzene rings is 4. The number of hydrogen-bond donors (Lipinski definition) is 1. The van der Waals surface area contributed by atoms with Gasteiger partial charge in [0, 0.05) is 19.6 Å². The Hall–Kier alpha value is -4.07. The van der Waals surface area contributed by atoms with Crippen molar-refractivity contribution in [1.29, 1.82) is 0 Å². The lowest BCUT2D eigenvalue weighted by atomic mass is 9.87. The lowest BCUT2D eigenvalue weighted by Gasteiger charge is -2.37.